The summed E-state index contributed by atoms with van der Waals surface area (Å²) in [7, 11) is 0. The normalized spacial score (nSPS) is 16.8. The molecule has 0 aromatic heterocycles. The van der Waals surface area contributed by atoms with Crippen LogP contribution in [0.5, 0.6) is 0 Å². The second kappa shape index (κ2) is 4.86. The van der Waals surface area contributed by atoms with Gasteiger partial charge in [-0.3, -0.25) is 4.79 Å². The quantitative estimate of drug-likeness (QED) is 0.873. The number of fused-ring (bicyclic) bond motifs is 1. The van der Waals surface area contributed by atoms with E-state index in [1.807, 2.05) is 12.1 Å². The highest BCUT2D eigenvalue weighted by atomic mass is 79.9. The monoisotopic (exact) mass is 338 g/mol. The smallest absolute Gasteiger partial charge is 0.251 e. The minimum absolute atomic E-state index is 0.233. The van der Waals surface area contributed by atoms with Crippen molar-refractivity contribution in [2.24, 2.45) is 0 Å². The molecule has 2 aromatic rings. The molecule has 20 heavy (non-hydrogen) atoms. The lowest BCUT2D eigenvalue weighted by Gasteiger charge is -2.13. The molecule has 0 fully saturated rings. The average molecular weight is 339 g/mol. The minimum atomic E-state index is -0.956. The largest absolute Gasteiger partial charge is 0.370 e. The van der Waals surface area contributed by atoms with Gasteiger partial charge in [0.15, 0.2) is 11.6 Å². The second-order valence-corrected chi connectivity index (χ2v) is 5.34. The van der Waals surface area contributed by atoms with Gasteiger partial charge >= 0.3 is 0 Å². The Hall–Kier alpha value is -1.95. The van der Waals surface area contributed by atoms with Crippen LogP contribution in [0, 0.1) is 11.6 Å². The summed E-state index contributed by atoms with van der Waals surface area (Å²) in [5, 5.41) is 5.63. The molecule has 3 nitrogen and oxygen atoms in total. The Morgan fingerprint density at radius 1 is 1.10 bits per heavy atom. The van der Waals surface area contributed by atoms with Crippen molar-refractivity contribution in [3.63, 3.8) is 0 Å². The number of hydrogen-bond acceptors (Lipinski definition) is 2. The van der Waals surface area contributed by atoms with E-state index in [1.165, 1.54) is 6.07 Å². The van der Waals surface area contributed by atoms with Crippen LogP contribution in [0.3, 0.4) is 0 Å². The van der Waals surface area contributed by atoms with Gasteiger partial charge in [0.25, 0.3) is 5.91 Å². The molecule has 2 N–H and O–H groups in total. The molecule has 0 saturated carbocycles. The predicted molar refractivity (Wildman–Crippen MR) is 75.5 cm³/mol. The van der Waals surface area contributed by atoms with Crippen LogP contribution in [-0.4, -0.2) is 5.91 Å². The van der Waals surface area contributed by atoms with Crippen molar-refractivity contribution in [1.29, 1.82) is 0 Å². The van der Waals surface area contributed by atoms with E-state index in [1.54, 1.807) is 6.07 Å². The summed E-state index contributed by atoms with van der Waals surface area (Å²) < 4.78 is 26.9. The lowest BCUT2D eigenvalue weighted by Crippen LogP contribution is -2.19. The SMILES string of the molecule is O=C1Nc2ccc(Br)cc2C1Nc1ccc(F)c(F)c1. The number of benzene rings is 2. The van der Waals surface area contributed by atoms with E-state index in [2.05, 4.69) is 26.6 Å². The van der Waals surface area contributed by atoms with Crippen molar-refractivity contribution < 1.29 is 13.6 Å². The highest BCUT2D eigenvalue weighted by Gasteiger charge is 2.30. The predicted octanol–water partition coefficient (Wildman–Crippen LogP) is 3.83. The summed E-state index contributed by atoms with van der Waals surface area (Å²) in [6, 6.07) is 8.22. The number of carbonyl (C=O) groups is 1. The van der Waals surface area contributed by atoms with Crippen LogP contribution < -0.4 is 10.6 Å². The van der Waals surface area contributed by atoms with Crippen molar-refractivity contribution in [3.05, 3.63) is 58.1 Å². The first-order chi connectivity index (χ1) is 9.54. The summed E-state index contributed by atoms with van der Waals surface area (Å²) in [4.78, 5) is 11.9. The number of carbonyl (C=O) groups excluding carboxylic acids is 1. The van der Waals surface area contributed by atoms with Crippen molar-refractivity contribution in [2.75, 3.05) is 10.6 Å². The molecule has 0 spiro atoms. The van der Waals surface area contributed by atoms with Gasteiger partial charge in [-0.2, -0.15) is 0 Å². The molecule has 0 aliphatic carbocycles. The summed E-state index contributed by atoms with van der Waals surface area (Å²) in [6.45, 7) is 0. The molecule has 1 heterocycles. The third-order valence-electron chi connectivity index (χ3n) is 3.08. The Kier molecular flexibility index (Phi) is 3.17. The number of anilines is 2. The van der Waals surface area contributed by atoms with Crippen LogP contribution in [0.4, 0.5) is 20.2 Å². The zero-order chi connectivity index (χ0) is 14.3. The minimum Gasteiger partial charge on any atom is -0.370 e. The Morgan fingerprint density at radius 2 is 1.90 bits per heavy atom. The highest BCUT2D eigenvalue weighted by molar-refractivity contribution is 9.10. The van der Waals surface area contributed by atoms with Crippen molar-refractivity contribution in [1.82, 2.24) is 0 Å². The molecular formula is C14H9BrF2N2O. The van der Waals surface area contributed by atoms with Gasteiger partial charge in [-0.1, -0.05) is 15.9 Å². The molecule has 3 rings (SSSR count). The maximum Gasteiger partial charge on any atom is 0.251 e. The summed E-state index contributed by atoms with van der Waals surface area (Å²) >= 11 is 3.34. The molecule has 0 saturated heterocycles. The lowest BCUT2D eigenvalue weighted by molar-refractivity contribution is -0.116. The molecule has 102 valence electrons. The molecule has 1 aliphatic heterocycles. The van der Waals surface area contributed by atoms with Gasteiger partial charge in [-0.15, -0.1) is 0 Å². The Bertz CT molecular complexity index is 706. The Balaban J connectivity index is 1.93. The van der Waals surface area contributed by atoms with Gasteiger partial charge in [-0.05, 0) is 30.3 Å². The van der Waals surface area contributed by atoms with Crippen LogP contribution in [-0.2, 0) is 4.79 Å². The first-order valence-electron chi connectivity index (χ1n) is 5.86. The van der Waals surface area contributed by atoms with Gasteiger partial charge in [0.05, 0.1) is 0 Å². The van der Waals surface area contributed by atoms with Gasteiger partial charge in [-0.25, -0.2) is 8.78 Å². The molecule has 6 heteroatoms. The van der Waals surface area contributed by atoms with Gasteiger partial charge < -0.3 is 10.6 Å². The number of nitrogens with one attached hydrogen (secondary N) is 2. The zero-order valence-corrected chi connectivity index (χ0v) is 11.7. The highest BCUT2D eigenvalue weighted by Crippen LogP contribution is 2.35. The van der Waals surface area contributed by atoms with Crippen LogP contribution >= 0.6 is 15.9 Å². The first-order valence-corrected chi connectivity index (χ1v) is 6.66. The zero-order valence-electron chi connectivity index (χ0n) is 10.1. The fraction of sp³-hybridized carbons (Fsp3) is 0.0714. The fourth-order valence-electron chi connectivity index (χ4n) is 2.13. The summed E-state index contributed by atoms with van der Waals surface area (Å²) in [5.41, 5.74) is 1.81. The van der Waals surface area contributed by atoms with Gasteiger partial charge in [0.1, 0.15) is 6.04 Å². The van der Waals surface area contributed by atoms with Crippen LogP contribution in [0.2, 0.25) is 0 Å². The molecule has 1 unspecified atom stereocenters. The maximum atomic E-state index is 13.2. The third-order valence-corrected chi connectivity index (χ3v) is 3.57. The van der Waals surface area contributed by atoms with Crippen LogP contribution in [0.15, 0.2) is 40.9 Å². The molecule has 1 amide bonds. The van der Waals surface area contributed by atoms with E-state index < -0.39 is 17.7 Å². The molecule has 1 atom stereocenters. The van der Waals surface area contributed by atoms with Crippen LogP contribution in [0.1, 0.15) is 11.6 Å². The number of hydrogen-bond donors (Lipinski definition) is 2. The second-order valence-electron chi connectivity index (χ2n) is 4.43. The number of rotatable bonds is 2. The lowest BCUT2D eigenvalue weighted by atomic mass is 10.1. The van der Waals surface area contributed by atoms with E-state index in [9.17, 15) is 13.6 Å². The van der Waals surface area contributed by atoms with E-state index in [-0.39, 0.29) is 5.91 Å². The Labute approximate surface area is 122 Å². The van der Waals surface area contributed by atoms with Crippen LogP contribution in [0.25, 0.3) is 0 Å². The Morgan fingerprint density at radius 3 is 2.65 bits per heavy atom. The van der Waals surface area contributed by atoms with Crippen molar-refractivity contribution in [3.8, 4) is 0 Å². The average Bonchev–Trinajstić information content (AvgIpc) is 2.70. The van der Waals surface area contributed by atoms with Gasteiger partial charge in [0, 0.05) is 27.5 Å². The standard InChI is InChI=1S/C14H9BrF2N2O/c15-7-1-4-12-9(5-7)13(14(20)19-12)18-8-2-3-10(16)11(17)6-8/h1-6,13,18H,(H,19,20). The summed E-state index contributed by atoms with van der Waals surface area (Å²) in [5.74, 6) is -2.11. The summed E-state index contributed by atoms with van der Waals surface area (Å²) in [6.07, 6.45) is 0. The molecule has 2 aromatic carbocycles. The van der Waals surface area contributed by atoms with Crippen molar-refractivity contribution >= 4 is 33.2 Å². The molecular weight excluding hydrogens is 330 g/mol. The number of amides is 1. The van der Waals surface area contributed by atoms with Gasteiger partial charge in [0.2, 0.25) is 0 Å². The van der Waals surface area contributed by atoms with E-state index in [0.29, 0.717) is 11.4 Å². The maximum absolute atomic E-state index is 13.2. The molecule has 1 aliphatic rings. The van der Waals surface area contributed by atoms with E-state index >= 15 is 0 Å². The van der Waals surface area contributed by atoms with E-state index in [0.717, 1.165) is 22.2 Å². The molecule has 0 bridgehead atoms. The van der Waals surface area contributed by atoms with E-state index in [4.69, 9.17) is 0 Å². The first kappa shape index (κ1) is 13.1. The molecule has 0 radical (unpaired) electrons. The number of halogens is 3. The fourth-order valence-corrected chi connectivity index (χ4v) is 2.51. The topological polar surface area (TPSA) is 41.1 Å². The third kappa shape index (κ3) is 2.27. The van der Waals surface area contributed by atoms with Crippen molar-refractivity contribution in [2.45, 2.75) is 6.04 Å².